The lowest BCUT2D eigenvalue weighted by Crippen LogP contribution is -2.50. The van der Waals surface area contributed by atoms with Crippen LogP contribution in [0.1, 0.15) is 27.7 Å². The van der Waals surface area contributed by atoms with Gasteiger partial charge >= 0.3 is 12.1 Å². The molecule has 0 aliphatic heterocycles. The summed E-state index contributed by atoms with van der Waals surface area (Å²) in [6.07, 6.45) is -4.80. The molecule has 1 amide bonds. The van der Waals surface area contributed by atoms with E-state index in [2.05, 4.69) is 5.32 Å². The van der Waals surface area contributed by atoms with Crippen molar-refractivity contribution < 1.29 is 18.0 Å². The van der Waals surface area contributed by atoms with E-state index in [0.717, 1.165) is 4.90 Å². The molecule has 0 heterocycles. The number of hydrogen-bond acceptors (Lipinski definition) is 2. The molecular weight excluding hydrogens is 209 g/mol. The zero-order chi connectivity index (χ0) is 12.2. The number of nitrogens with one attached hydrogen (secondary N) is 1. The topological polar surface area (TPSA) is 32.3 Å². The van der Waals surface area contributed by atoms with Gasteiger partial charge in [-0.25, -0.2) is 0 Å². The quantitative estimate of drug-likeness (QED) is 0.740. The highest BCUT2D eigenvalue weighted by Crippen LogP contribution is 2.19. The van der Waals surface area contributed by atoms with Crippen LogP contribution in [0.4, 0.5) is 13.2 Å². The highest BCUT2D eigenvalue weighted by Gasteiger charge is 2.43. The third-order valence-corrected chi connectivity index (χ3v) is 1.80. The van der Waals surface area contributed by atoms with E-state index in [1.54, 1.807) is 27.7 Å². The van der Waals surface area contributed by atoms with Crippen molar-refractivity contribution in [3.63, 3.8) is 0 Å². The molecule has 0 unspecified atom stereocenters. The first kappa shape index (κ1) is 14.2. The van der Waals surface area contributed by atoms with Crippen molar-refractivity contribution in [3.8, 4) is 0 Å². The first-order chi connectivity index (χ1) is 6.66. The number of carbonyl (C=O) groups excluding carboxylic acids is 1. The summed E-state index contributed by atoms with van der Waals surface area (Å²) in [5.41, 5.74) is 0. The molecule has 0 radical (unpaired) electrons. The minimum atomic E-state index is -4.80. The van der Waals surface area contributed by atoms with Crippen LogP contribution >= 0.6 is 0 Å². The van der Waals surface area contributed by atoms with E-state index >= 15 is 0 Å². The number of hydrogen-bond donors (Lipinski definition) is 1. The largest absolute Gasteiger partial charge is 0.471 e. The van der Waals surface area contributed by atoms with Gasteiger partial charge in [0.05, 0.1) is 6.67 Å². The Balaban J connectivity index is 4.47. The molecule has 0 bridgehead atoms. The lowest BCUT2D eigenvalue weighted by Gasteiger charge is -2.28. The van der Waals surface area contributed by atoms with Gasteiger partial charge in [-0.1, -0.05) is 0 Å². The van der Waals surface area contributed by atoms with Crippen LogP contribution in [0.25, 0.3) is 0 Å². The third-order valence-electron chi connectivity index (χ3n) is 1.80. The highest BCUT2D eigenvalue weighted by molar-refractivity contribution is 5.82. The maximum absolute atomic E-state index is 12.2. The maximum atomic E-state index is 12.2. The Morgan fingerprint density at radius 3 is 2.00 bits per heavy atom. The van der Waals surface area contributed by atoms with Crippen molar-refractivity contribution in [2.45, 2.75) is 46.0 Å². The Morgan fingerprint density at radius 1 is 1.27 bits per heavy atom. The molecule has 15 heavy (non-hydrogen) atoms. The Bertz CT molecular complexity index is 214. The van der Waals surface area contributed by atoms with E-state index in [4.69, 9.17) is 0 Å². The summed E-state index contributed by atoms with van der Waals surface area (Å²) in [5, 5.41) is 2.78. The minimum absolute atomic E-state index is 0.0345. The van der Waals surface area contributed by atoms with Crippen LogP contribution < -0.4 is 5.32 Å². The van der Waals surface area contributed by atoms with Gasteiger partial charge in [0, 0.05) is 12.1 Å². The van der Waals surface area contributed by atoms with Crippen LogP contribution in [-0.2, 0) is 4.79 Å². The first-order valence-electron chi connectivity index (χ1n) is 4.77. The molecule has 1 N–H and O–H groups in total. The first-order valence-corrected chi connectivity index (χ1v) is 4.77. The third kappa shape index (κ3) is 5.01. The van der Waals surface area contributed by atoms with Crippen molar-refractivity contribution in [2.24, 2.45) is 0 Å². The monoisotopic (exact) mass is 226 g/mol. The summed E-state index contributed by atoms with van der Waals surface area (Å²) >= 11 is 0. The van der Waals surface area contributed by atoms with E-state index in [1.807, 2.05) is 0 Å². The molecule has 90 valence electrons. The van der Waals surface area contributed by atoms with Crippen LogP contribution in [0.3, 0.4) is 0 Å². The molecule has 0 rings (SSSR count). The highest BCUT2D eigenvalue weighted by atomic mass is 19.4. The number of carbonyl (C=O) groups is 1. The molecule has 0 aliphatic carbocycles. The lowest BCUT2D eigenvalue weighted by atomic mass is 10.3. The standard InChI is InChI=1S/C9H17F3N2O/c1-6(2)13-5-14(7(3)4)8(15)9(10,11)12/h6-7,13H,5H2,1-4H3. The normalized spacial score (nSPS) is 12.3. The number of halogens is 3. The van der Waals surface area contributed by atoms with Crippen molar-refractivity contribution in [1.29, 1.82) is 0 Å². The second-order valence-electron chi connectivity index (χ2n) is 3.88. The number of nitrogens with zero attached hydrogens (tertiary/aromatic N) is 1. The van der Waals surface area contributed by atoms with E-state index in [0.29, 0.717) is 0 Å². The van der Waals surface area contributed by atoms with Gasteiger partial charge in [-0.15, -0.1) is 0 Å². The molecular formula is C9H17F3N2O. The molecule has 0 aromatic rings. The number of amides is 1. The Morgan fingerprint density at radius 2 is 1.73 bits per heavy atom. The molecule has 6 heteroatoms. The predicted octanol–water partition coefficient (Wildman–Crippen LogP) is 1.74. The van der Waals surface area contributed by atoms with Gasteiger partial charge in [-0.05, 0) is 27.7 Å². The van der Waals surface area contributed by atoms with Crippen molar-refractivity contribution in [3.05, 3.63) is 0 Å². The van der Waals surface area contributed by atoms with E-state index < -0.39 is 18.1 Å². The molecule has 0 fully saturated rings. The molecule has 0 atom stereocenters. The van der Waals surface area contributed by atoms with Crippen LogP contribution in [0.5, 0.6) is 0 Å². The van der Waals surface area contributed by atoms with Gasteiger partial charge in [0.15, 0.2) is 0 Å². The van der Waals surface area contributed by atoms with Crippen LogP contribution in [0.15, 0.2) is 0 Å². The number of rotatable bonds is 4. The van der Waals surface area contributed by atoms with Gasteiger partial charge in [-0.2, -0.15) is 13.2 Å². The molecule has 0 aromatic carbocycles. The van der Waals surface area contributed by atoms with E-state index in [-0.39, 0.29) is 12.7 Å². The fraction of sp³-hybridized carbons (Fsp3) is 0.889. The minimum Gasteiger partial charge on any atom is -0.320 e. The molecule has 0 aromatic heterocycles. The van der Waals surface area contributed by atoms with Gasteiger partial charge < -0.3 is 4.90 Å². The zero-order valence-electron chi connectivity index (χ0n) is 9.35. The van der Waals surface area contributed by atoms with E-state index in [9.17, 15) is 18.0 Å². The van der Waals surface area contributed by atoms with Gasteiger partial charge in [0.1, 0.15) is 0 Å². The smallest absolute Gasteiger partial charge is 0.320 e. The van der Waals surface area contributed by atoms with Crippen LogP contribution in [0, 0.1) is 0 Å². The molecule has 0 spiro atoms. The van der Waals surface area contributed by atoms with Crippen LogP contribution in [0.2, 0.25) is 0 Å². The zero-order valence-corrected chi connectivity index (χ0v) is 9.35. The van der Waals surface area contributed by atoms with Gasteiger partial charge in [0.25, 0.3) is 0 Å². The van der Waals surface area contributed by atoms with Crippen molar-refractivity contribution in [1.82, 2.24) is 10.2 Å². The van der Waals surface area contributed by atoms with Crippen molar-refractivity contribution >= 4 is 5.91 Å². The summed E-state index contributed by atoms with van der Waals surface area (Å²) < 4.78 is 36.5. The summed E-state index contributed by atoms with van der Waals surface area (Å²) in [6, 6.07) is -0.447. The number of alkyl halides is 3. The van der Waals surface area contributed by atoms with E-state index in [1.165, 1.54) is 0 Å². The molecule has 0 aliphatic rings. The second kappa shape index (κ2) is 5.34. The fourth-order valence-corrected chi connectivity index (χ4v) is 0.933. The lowest BCUT2D eigenvalue weighted by molar-refractivity contribution is -0.187. The Hall–Kier alpha value is -0.780. The second-order valence-corrected chi connectivity index (χ2v) is 3.88. The predicted molar refractivity (Wildman–Crippen MR) is 51.2 cm³/mol. The summed E-state index contributed by atoms with van der Waals surface area (Å²) in [7, 11) is 0. The molecule has 0 saturated heterocycles. The summed E-state index contributed by atoms with van der Waals surface area (Å²) in [6.45, 7) is 6.61. The average Bonchev–Trinajstić information content (AvgIpc) is 2.01. The Kier molecular flexibility index (Phi) is 5.07. The summed E-state index contributed by atoms with van der Waals surface area (Å²) in [5.74, 6) is -1.80. The molecule has 0 saturated carbocycles. The maximum Gasteiger partial charge on any atom is 0.471 e. The Labute approximate surface area is 87.6 Å². The van der Waals surface area contributed by atoms with Crippen LogP contribution in [-0.4, -0.2) is 35.7 Å². The SMILES string of the molecule is CC(C)NCN(C(=O)C(F)(F)F)C(C)C. The summed E-state index contributed by atoms with van der Waals surface area (Å²) in [4.78, 5) is 11.7. The average molecular weight is 226 g/mol. The fourth-order valence-electron chi connectivity index (χ4n) is 0.933. The van der Waals surface area contributed by atoms with Crippen molar-refractivity contribution in [2.75, 3.05) is 6.67 Å². The van der Waals surface area contributed by atoms with Gasteiger partial charge in [0.2, 0.25) is 0 Å². The van der Waals surface area contributed by atoms with Gasteiger partial charge in [-0.3, -0.25) is 10.1 Å². The molecule has 3 nitrogen and oxygen atoms in total.